The van der Waals surface area contributed by atoms with Gasteiger partial charge in [-0.25, -0.2) is 0 Å². The zero-order chi connectivity index (χ0) is 13.1. The van der Waals surface area contributed by atoms with Crippen LogP contribution in [-0.2, 0) is 4.74 Å². The van der Waals surface area contributed by atoms with E-state index in [-0.39, 0.29) is 6.10 Å². The molecule has 106 valence electrons. The molecule has 0 amide bonds. The number of hydrogen-bond donors (Lipinski definition) is 1. The van der Waals surface area contributed by atoms with Crippen molar-refractivity contribution >= 4 is 0 Å². The fourth-order valence-electron chi connectivity index (χ4n) is 3.03. The van der Waals surface area contributed by atoms with E-state index in [4.69, 9.17) is 4.74 Å². The molecule has 2 rings (SSSR count). The van der Waals surface area contributed by atoms with Crippen molar-refractivity contribution in [3.05, 3.63) is 0 Å². The Morgan fingerprint density at radius 3 is 2.61 bits per heavy atom. The number of nitrogens with zero attached hydrogens (tertiary/aromatic N) is 2. The Morgan fingerprint density at radius 2 is 2.00 bits per heavy atom. The van der Waals surface area contributed by atoms with Gasteiger partial charge in [-0.15, -0.1) is 0 Å². The predicted octanol–water partition coefficient (Wildman–Crippen LogP) is 0.798. The van der Waals surface area contributed by atoms with Crippen molar-refractivity contribution in [2.75, 3.05) is 39.3 Å². The molecule has 0 radical (unpaired) electrons. The van der Waals surface area contributed by atoms with Gasteiger partial charge in [-0.2, -0.15) is 0 Å². The van der Waals surface area contributed by atoms with Crippen LogP contribution in [0.3, 0.4) is 0 Å². The molecule has 2 aliphatic rings. The Balaban J connectivity index is 1.76. The molecular weight excluding hydrogens is 228 g/mol. The number of ether oxygens (including phenoxy) is 1. The second-order valence-electron chi connectivity index (χ2n) is 6.13. The van der Waals surface area contributed by atoms with Crippen molar-refractivity contribution < 1.29 is 9.84 Å². The first-order chi connectivity index (χ1) is 8.56. The van der Waals surface area contributed by atoms with Gasteiger partial charge in [-0.3, -0.25) is 4.90 Å². The van der Waals surface area contributed by atoms with E-state index in [1.807, 2.05) is 6.92 Å². The molecule has 0 saturated carbocycles. The van der Waals surface area contributed by atoms with Crippen LogP contribution in [0, 0.1) is 5.92 Å². The van der Waals surface area contributed by atoms with Crippen molar-refractivity contribution in [2.45, 2.75) is 45.4 Å². The van der Waals surface area contributed by atoms with Gasteiger partial charge < -0.3 is 14.7 Å². The van der Waals surface area contributed by atoms with Gasteiger partial charge in [0.25, 0.3) is 0 Å². The quantitative estimate of drug-likeness (QED) is 0.807. The molecule has 2 saturated heterocycles. The summed E-state index contributed by atoms with van der Waals surface area (Å²) in [7, 11) is 0. The van der Waals surface area contributed by atoms with Crippen LogP contribution in [0.25, 0.3) is 0 Å². The number of aliphatic hydroxyl groups excluding tert-OH is 1. The number of likely N-dealkylation sites (tertiary alicyclic amines) is 1. The molecule has 3 unspecified atom stereocenters. The summed E-state index contributed by atoms with van der Waals surface area (Å²) in [4.78, 5) is 4.95. The van der Waals surface area contributed by atoms with Crippen LogP contribution in [0.1, 0.15) is 27.2 Å². The van der Waals surface area contributed by atoms with Gasteiger partial charge in [0.2, 0.25) is 0 Å². The minimum Gasteiger partial charge on any atom is -0.393 e. The summed E-state index contributed by atoms with van der Waals surface area (Å²) in [5.74, 6) is 0.454. The highest BCUT2D eigenvalue weighted by Gasteiger charge is 2.29. The highest BCUT2D eigenvalue weighted by molar-refractivity contribution is 4.83. The lowest BCUT2D eigenvalue weighted by Gasteiger charge is -2.37. The van der Waals surface area contributed by atoms with Crippen molar-refractivity contribution in [2.24, 2.45) is 5.92 Å². The van der Waals surface area contributed by atoms with E-state index in [9.17, 15) is 5.11 Å². The third-order valence-corrected chi connectivity index (χ3v) is 4.35. The van der Waals surface area contributed by atoms with E-state index in [1.54, 1.807) is 0 Å². The maximum atomic E-state index is 9.62. The van der Waals surface area contributed by atoms with Crippen molar-refractivity contribution in [3.8, 4) is 0 Å². The topological polar surface area (TPSA) is 35.9 Å². The first-order valence-corrected chi connectivity index (χ1v) is 7.32. The first kappa shape index (κ1) is 14.3. The van der Waals surface area contributed by atoms with Gasteiger partial charge in [-0.1, -0.05) is 0 Å². The summed E-state index contributed by atoms with van der Waals surface area (Å²) in [5, 5.41) is 9.62. The van der Waals surface area contributed by atoms with Crippen LogP contribution in [0.2, 0.25) is 0 Å². The SMILES string of the molecule is CC(O)C1CCN(CC2CN(C(C)C)CCO2)C1. The van der Waals surface area contributed by atoms with Crippen LogP contribution in [0.4, 0.5) is 0 Å². The fraction of sp³-hybridized carbons (Fsp3) is 1.00. The highest BCUT2D eigenvalue weighted by atomic mass is 16.5. The third kappa shape index (κ3) is 3.67. The average Bonchev–Trinajstić information content (AvgIpc) is 2.78. The molecule has 1 N–H and O–H groups in total. The largest absolute Gasteiger partial charge is 0.393 e. The molecule has 0 aromatic heterocycles. The summed E-state index contributed by atoms with van der Waals surface area (Å²) < 4.78 is 5.87. The van der Waals surface area contributed by atoms with Crippen molar-refractivity contribution in [1.29, 1.82) is 0 Å². The molecule has 3 atom stereocenters. The number of hydrogen-bond acceptors (Lipinski definition) is 4. The lowest BCUT2D eigenvalue weighted by Crippen LogP contribution is -2.49. The van der Waals surface area contributed by atoms with Gasteiger partial charge in [0.1, 0.15) is 0 Å². The molecule has 2 heterocycles. The van der Waals surface area contributed by atoms with E-state index in [0.717, 1.165) is 45.8 Å². The Hall–Kier alpha value is -0.160. The van der Waals surface area contributed by atoms with E-state index < -0.39 is 0 Å². The lowest BCUT2D eigenvalue weighted by atomic mass is 10.0. The molecule has 0 aliphatic carbocycles. The van der Waals surface area contributed by atoms with E-state index in [1.165, 1.54) is 0 Å². The maximum absolute atomic E-state index is 9.62. The molecule has 4 nitrogen and oxygen atoms in total. The molecule has 2 aliphatic heterocycles. The van der Waals surface area contributed by atoms with E-state index in [2.05, 4.69) is 23.6 Å². The zero-order valence-corrected chi connectivity index (χ0v) is 12.0. The minimum atomic E-state index is -0.172. The van der Waals surface area contributed by atoms with Crippen molar-refractivity contribution in [3.63, 3.8) is 0 Å². The van der Waals surface area contributed by atoms with E-state index >= 15 is 0 Å². The van der Waals surface area contributed by atoms with Crippen LogP contribution in [0.5, 0.6) is 0 Å². The average molecular weight is 256 g/mol. The van der Waals surface area contributed by atoms with Gasteiger partial charge in [0, 0.05) is 32.2 Å². The second kappa shape index (κ2) is 6.33. The smallest absolute Gasteiger partial charge is 0.0829 e. The summed E-state index contributed by atoms with van der Waals surface area (Å²) >= 11 is 0. The van der Waals surface area contributed by atoms with Gasteiger partial charge in [0.05, 0.1) is 18.8 Å². The Kier molecular flexibility index (Phi) is 5.01. The second-order valence-corrected chi connectivity index (χ2v) is 6.13. The minimum absolute atomic E-state index is 0.172. The maximum Gasteiger partial charge on any atom is 0.0829 e. The lowest BCUT2D eigenvalue weighted by molar-refractivity contribution is -0.0505. The van der Waals surface area contributed by atoms with Gasteiger partial charge in [0.15, 0.2) is 0 Å². The zero-order valence-electron chi connectivity index (χ0n) is 12.0. The molecule has 0 spiro atoms. The van der Waals surface area contributed by atoms with Crippen LogP contribution >= 0.6 is 0 Å². The molecule has 18 heavy (non-hydrogen) atoms. The predicted molar refractivity (Wildman–Crippen MR) is 72.7 cm³/mol. The van der Waals surface area contributed by atoms with Crippen LogP contribution in [-0.4, -0.2) is 72.5 Å². The monoisotopic (exact) mass is 256 g/mol. The summed E-state index contributed by atoms with van der Waals surface area (Å²) in [6.07, 6.45) is 1.29. The fourth-order valence-corrected chi connectivity index (χ4v) is 3.03. The van der Waals surface area contributed by atoms with Crippen molar-refractivity contribution in [1.82, 2.24) is 9.80 Å². The van der Waals surface area contributed by atoms with Crippen LogP contribution in [0.15, 0.2) is 0 Å². The molecule has 0 aromatic carbocycles. The Bertz CT molecular complexity index is 258. The molecule has 0 aromatic rings. The highest BCUT2D eigenvalue weighted by Crippen LogP contribution is 2.21. The normalized spacial score (nSPS) is 33.2. The Labute approximate surface area is 111 Å². The number of morpholine rings is 1. The molecule has 2 fully saturated rings. The number of rotatable bonds is 4. The molecule has 4 heteroatoms. The third-order valence-electron chi connectivity index (χ3n) is 4.35. The Morgan fingerprint density at radius 1 is 1.22 bits per heavy atom. The summed E-state index contributed by atoms with van der Waals surface area (Å²) in [5.41, 5.74) is 0. The molecule has 0 bridgehead atoms. The number of aliphatic hydroxyl groups is 1. The van der Waals surface area contributed by atoms with E-state index in [0.29, 0.717) is 18.1 Å². The molecular formula is C14H28N2O2. The standard InChI is InChI=1S/C14H28N2O2/c1-11(2)16-6-7-18-14(10-16)9-15-5-4-13(8-15)12(3)17/h11-14,17H,4-10H2,1-3H3. The summed E-state index contributed by atoms with van der Waals surface area (Å²) in [6, 6.07) is 0.611. The van der Waals surface area contributed by atoms with Crippen LogP contribution < -0.4 is 0 Å². The first-order valence-electron chi connectivity index (χ1n) is 7.32. The van der Waals surface area contributed by atoms with Gasteiger partial charge >= 0.3 is 0 Å². The van der Waals surface area contributed by atoms with Gasteiger partial charge in [-0.05, 0) is 39.7 Å². The summed E-state index contributed by atoms with van der Waals surface area (Å²) in [6.45, 7) is 12.5.